The van der Waals surface area contributed by atoms with Crippen molar-refractivity contribution in [3.8, 4) is 34.2 Å². The first kappa shape index (κ1) is 28.5. The van der Waals surface area contributed by atoms with Crippen molar-refractivity contribution in [1.82, 2.24) is 9.88 Å². The number of hydrogen-bond acceptors (Lipinski definition) is 7. The number of furan rings is 1. The lowest BCUT2D eigenvalue weighted by atomic mass is 9.83. The summed E-state index contributed by atoms with van der Waals surface area (Å²) < 4.78 is 18.9. The normalized spacial score (nSPS) is 16.5. The maximum Gasteiger partial charge on any atom is 0.292 e. The number of amides is 2. The number of aromatic nitrogens is 1. The molecule has 0 aliphatic heterocycles. The Morgan fingerprint density at radius 2 is 1.86 bits per heavy atom. The molecule has 5 rings (SSSR count). The van der Waals surface area contributed by atoms with Gasteiger partial charge in [0.25, 0.3) is 5.91 Å². The number of hydrogen-bond donors (Lipinski definition) is 3. The number of aromatic hydroxyl groups is 1. The van der Waals surface area contributed by atoms with Crippen molar-refractivity contribution >= 4 is 23.3 Å². The quantitative estimate of drug-likeness (QED) is 0.248. The zero-order valence-electron chi connectivity index (χ0n) is 23.2. The van der Waals surface area contributed by atoms with Crippen molar-refractivity contribution in [3.63, 3.8) is 0 Å². The van der Waals surface area contributed by atoms with Gasteiger partial charge in [-0.05, 0) is 75.0 Å². The number of halogens is 1. The van der Waals surface area contributed by atoms with Crippen LogP contribution in [0.25, 0.3) is 22.4 Å². The maximum absolute atomic E-state index is 13.8. The molecule has 9 nitrogen and oxygen atoms in total. The second-order valence-electron chi connectivity index (χ2n) is 10.5. The Morgan fingerprint density at radius 3 is 2.57 bits per heavy atom. The number of anilines is 2. The van der Waals surface area contributed by atoms with Gasteiger partial charge in [-0.3, -0.25) is 9.59 Å². The van der Waals surface area contributed by atoms with Crippen LogP contribution in [-0.4, -0.2) is 46.9 Å². The number of benzene rings is 2. The highest BCUT2D eigenvalue weighted by atomic mass is 19.1. The zero-order chi connectivity index (χ0) is 29.8. The monoisotopic (exact) mass is 567 g/mol. The molecule has 2 aromatic carbocycles. The summed E-state index contributed by atoms with van der Waals surface area (Å²) in [6.07, 6.45) is 5.20. The van der Waals surface area contributed by atoms with Crippen molar-refractivity contribution in [1.29, 1.82) is 5.26 Å². The zero-order valence-corrected chi connectivity index (χ0v) is 23.2. The van der Waals surface area contributed by atoms with E-state index in [9.17, 15) is 24.3 Å². The van der Waals surface area contributed by atoms with Crippen LogP contribution < -0.4 is 10.6 Å². The number of nitrogens with one attached hydrogen (secondary N) is 2. The average Bonchev–Trinajstić information content (AvgIpc) is 3.52. The second kappa shape index (κ2) is 12.2. The lowest BCUT2D eigenvalue weighted by Gasteiger charge is -2.35. The van der Waals surface area contributed by atoms with E-state index in [2.05, 4.69) is 26.6 Å². The Bertz CT molecular complexity index is 1660. The van der Waals surface area contributed by atoms with Crippen LogP contribution in [0.5, 0.6) is 5.75 Å². The van der Waals surface area contributed by atoms with Crippen molar-refractivity contribution < 1.29 is 23.5 Å². The van der Waals surface area contributed by atoms with Gasteiger partial charge in [0.05, 0.1) is 17.9 Å². The van der Waals surface area contributed by atoms with E-state index in [1.54, 1.807) is 36.4 Å². The van der Waals surface area contributed by atoms with E-state index in [1.165, 1.54) is 24.5 Å². The number of phenolic OH excluding ortho intramolecular Hbond substituents is 1. The van der Waals surface area contributed by atoms with E-state index in [4.69, 9.17) is 4.42 Å². The van der Waals surface area contributed by atoms with E-state index in [-0.39, 0.29) is 52.0 Å². The summed E-state index contributed by atoms with van der Waals surface area (Å²) in [7, 11) is 3.98. The molecule has 0 saturated heterocycles. The molecule has 1 saturated carbocycles. The fourth-order valence-corrected chi connectivity index (χ4v) is 5.45. The first-order chi connectivity index (χ1) is 20.2. The Morgan fingerprint density at radius 1 is 1.05 bits per heavy atom. The summed E-state index contributed by atoms with van der Waals surface area (Å²) in [5.41, 5.74) is 1.96. The summed E-state index contributed by atoms with van der Waals surface area (Å²) in [6.45, 7) is 0. The lowest BCUT2D eigenvalue weighted by Crippen LogP contribution is -2.43. The van der Waals surface area contributed by atoms with Gasteiger partial charge in [-0.1, -0.05) is 25.0 Å². The Balaban J connectivity index is 1.55. The van der Waals surface area contributed by atoms with Crippen LogP contribution in [0.3, 0.4) is 0 Å². The number of phenols is 1. The molecule has 214 valence electrons. The molecule has 42 heavy (non-hydrogen) atoms. The third-order valence-corrected chi connectivity index (χ3v) is 7.51. The van der Waals surface area contributed by atoms with E-state index in [0.717, 1.165) is 31.7 Å². The molecule has 1 aliphatic rings. The highest BCUT2D eigenvalue weighted by Gasteiger charge is 2.32. The van der Waals surface area contributed by atoms with Crippen LogP contribution in [0.15, 0.2) is 71.3 Å². The maximum atomic E-state index is 13.8. The number of nitrogens with zero attached hydrogens (tertiary/aromatic N) is 3. The highest BCUT2D eigenvalue weighted by molar-refractivity contribution is 6.03. The fourth-order valence-electron chi connectivity index (χ4n) is 5.45. The van der Waals surface area contributed by atoms with Crippen molar-refractivity contribution in [2.24, 2.45) is 5.92 Å². The van der Waals surface area contributed by atoms with E-state index >= 15 is 0 Å². The minimum Gasteiger partial charge on any atom is -0.507 e. The largest absolute Gasteiger partial charge is 0.507 e. The summed E-state index contributed by atoms with van der Waals surface area (Å²) in [5, 5.41) is 26.3. The smallest absolute Gasteiger partial charge is 0.292 e. The molecule has 1 unspecified atom stereocenters. The van der Waals surface area contributed by atoms with E-state index in [1.807, 2.05) is 14.1 Å². The van der Waals surface area contributed by atoms with E-state index in [0.29, 0.717) is 16.8 Å². The predicted molar refractivity (Wildman–Crippen MR) is 156 cm³/mol. The molecule has 2 atom stereocenters. The summed E-state index contributed by atoms with van der Waals surface area (Å²) in [6, 6.07) is 17.4. The standard InChI is InChI=1S/C32H30FN5O4/c1-38(2)27-10-4-3-9-23(27)31(40)35-21-8-5-7-19(15-21)24-17-26(22-13-12-20(33)16-28(22)39)36-30(25(24)18-34)37-32(41)29-11-6-14-42-29/h5-8,11-17,23,27,39H,3-4,9-10H2,1-2H3,(H,35,40)(H,36,37,41)/t23?,27-/m1/s1. The SMILES string of the molecule is CN(C)[C@@H]1CCCCC1C(=O)Nc1cccc(-c2cc(-c3ccc(F)cc3O)nc(NC(=O)c3ccco3)c2C#N)c1. The van der Waals surface area contributed by atoms with Gasteiger partial charge in [-0.2, -0.15) is 5.26 Å². The van der Waals surface area contributed by atoms with Crippen LogP contribution in [-0.2, 0) is 4.79 Å². The number of rotatable bonds is 7. The number of pyridine rings is 1. The van der Waals surface area contributed by atoms with Gasteiger partial charge in [0.2, 0.25) is 5.91 Å². The van der Waals surface area contributed by atoms with Gasteiger partial charge >= 0.3 is 0 Å². The Hall–Kier alpha value is -5.01. The summed E-state index contributed by atoms with van der Waals surface area (Å²) in [4.78, 5) is 32.7. The Labute approximate surface area is 242 Å². The third-order valence-electron chi connectivity index (χ3n) is 7.51. The van der Waals surface area contributed by atoms with Crippen molar-refractivity contribution in [3.05, 3.63) is 84.1 Å². The molecule has 0 radical (unpaired) electrons. The summed E-state index contributed by atoms with van der Waals surface area (Å²) in [5.74, 6) is -1.88. The molecular formula is C32H30FN5O4. The third kappa shape index (κ3) is 6.01. The van der Waals surface area contributed by atoms with Gasteiger partial charge in [0.15, 0.2) is 11.6 Å². The summed E-state index contributed by atoms with van der Waals surface area (Å²) >= 11 is 0. The minimum atomic E-state index is -0.630. The number of carbonyl (C=O) groups is 2. The van der Waals surface area contributed by atoms with Crippen LogP contribution in [0.1, 0.15) is 41.8 Å². The average molecular weight is 568 g/mol. The van der Waals surface area contributed by atoms with Crippen molar-refractivity contribution in [2.75, 3.05) is 24.7 Å². The second-order valence-corrected chi connectivity index (χ2v) is 10.5. The van der Waals surface area contributed by atoms with Gasteiger partial charge in [0, 0.05) is 28.9 Å². The van der Waals surface area contributed by atoms with Crippen LogP contribution in [0.4, 0.5) is 15.9 Å². The fraction of sp³-hybridized carbons (Fsp3) is 0.250. The first-order valence-corrected chi connectivity index (χ1v) is 13.6. The van der Waals surface area contributed by atoms with Gasteiger partial charge in [-0.25, -0.2) is 9.37 Å². The molecule has 2 aromatic heterocycles. The number of carbonyl (C=O) groups excluding carboxylic acids is 2. The molecule has 2 amide bonds. The molecule has 0 spiro atoms. The molecule has 0 bridgehead atoms. The van der Waals surface area contributed by atoms with Crippen molar-refractivity contribution in [2.45, 2.75) is 31.7 Å². The topological polar surface area (TPSA) is 131 Å². The molecule has 2 heterocycles. The molecule has 1 aliphatic carbocycles. The predicted octanol–water partition coefficient (Wildman–Crippen LogP) is 6.04. The lowest BCUT2D eigenvalue weighted by molar-refractivity contribution is -0.122. The molecule has 3 N–H and O–H groups in total. The van der Waals surface area contributed by atoms with Crippen LogP contribution in [0, 0.1) is 23.1 Å². The van der Waals surface area contributed by atoms with E-state index < -0.39 is 11.7 Å². The molecule has 10 heteroatoms. The van der Waals surface area contributed by atoms with Crippen LogP contribution in [0.2, 0.25) is 0 Å². The highest BCUT2D eigenvalue weighted by Crippen LogP contribution is 2.37. The first-order valence-electron chi connectivity index (χ1n) is 13.6. The van der Waals surface area contributed by atoms with Gasteiger partial charge in [0.1, 0.15) is 23.2 Å². The molecule has 4 aromatic rings. The molecular weight excluding hydrogens is 537 g/mol. The van der Waals surface area contributed by atoms with Gasteiger partial charge in [-0.15, -0.1) is 0 Å². The Kier molecular flexibility index (Phi) is 8.31. The van der Waals surface area contributed by atoms with Gasteiger partial charge < -0.3 is 25.1 Å². The van der Waals surface area contributed by atoms with Crippen LogP contribution >= 0.6 is 0 Å². The molecule has 1 fully saturated rings. The number of nitriles is 1. The minimum absolute atomic E-state index is 0.0146.